The number of hydrogen-bond donors (Lipinski definition) is 1. The minimum Gasteiger partial charge on any atom is -0.396 e. The molecule has 2 saturated heterocycles. The van der Waals surface area contributed by atoms with Crippen LogP contribution in [0.5, 0.6) is 0 Å². The minimum absolute atomic E-state index is 0.00814. The molecule has 0 unspecified atom stereocenters. The minimum atomic E-state index is -0.233. The van der Waals surface area contributed by atoms with E-state index < -0.39 is 0 Å². The van der Waals surface area contributed by atoms with E-state index in [4.69, 9.17) is 9.47 Å². The highest BCUT2D eigenvalue weighted by molar-refractivity contribution is 5.79. The van der Waals surface area contributed by atoms with Crippen molar-refractivity contribution >= 4 is 11.4 Å². The normalized spacial score (nSPS) is 20.8. The van der Waals surface area contributed by atoms with Crippen molar-refractivity contribution in [1.82, 2.24) is 9.55 Å². The number of ether oxygens (including phenoxy) is 2. The number of rotatable bonds is 6. The summed E-state index contributed by atoms with van der Waals surface area (Å²) in [7, 11) is 4.11. The average molecular weight is 415 g/mol. The first kappa shape index (κ1) is 21.2. The molecule has 0 atom stereocenters. The third kappa shape index (κ3) is 4.33. The van der Waals surface area contributed by atoms with E-state index in [1.54, 1.807) is 0 Å². The zero-order valence-electron chi connectivity index (χ0n) is 18.8. The summed E-state index contributed by atoms with van der Waals surface area (Å²) in [5.41, 5.74) is 4.42. The van der Waals surface area contributed by atoms with Gasteiger partial charge in [-0.15, -0.1) is 0 Å². The van der Waals surface area contributed by atoms with Gasteiger partial charge in [-0.2, -0.15) is 0 Å². The van der Waals surface area contributed by atoms with Crippen LogP contribution < -0.4 is 9.80 Å². The molecule has 2 aromatic rings. The van der Waals surface area contributed by atoms with Crippen molar-refractivity contribution in [3.8, 4) is 11.3 Å². The lowest BCUT2D eigenvalue weighted by atomic mass is 9.82. The summed E-state index contributed by atoms with van der Waals surface area (Å²) >= 11 is 0. The molecule has 3 heterocycles. The van der Waals surface area contributed by atoms with Crippen molar-refractivity contribution in [2.45, 2.75) is 33.6 Å². The van der Waals surface area contributed by atoms with Crippen LogP contribution in [0.2, 0.25) is 0 Å². The van der Waals surface area contributed by atoms with Gasteiger partial charge in [0.05, 0.1) is 38.4 Å². The molecule has 4 rings (SSSR count). The summed E-state index contributed by atoms with van der Waals surface area (Å²) in [6.45, 7) is 10.4. The number of benzene rings is 1. The Bertz CT molecular complexity index is 876. The van der Waals surface area contributed by atoms with Crippen molar-refractivity contribution < 1.29 is 14.6 Å². The lowest BCUT2D eigenvalue weighted by molar-refractivity contribution is -0.226. The van der Waals surface area contributed by atoms with Crippen LogP contribution in [0.25, 0.3) is 11.3 Å². The zero-order chi connectivity index (χ0) is 21.5. The van der Waals surface area contributed by atoms with Crippen LogP contribution in [0.4, 0.5) is 11.4 Å². The average Bonchev–Trinajstić information content (AvgIpc) is 3.15. The number of hydrogen-bond acceptors (Lipinski definition) is 6. The Balaban J connectivity index is 1.49. The van der Waals surface area contributed by atoms with E-state index in [1.165, 1.54) is 5.69 Å². The van der Waals surface area contributed by atoms with Crippen LogP contribution in [0, 0.1) is 10.8 Å². The van der Waals surface area contributed by atoms with Gasteiger partial charge in [0.15, 0.2) is 6.29 Å². The highest BCUT2D eigenvalue weighted by Gasteiger charge is 2.38. The Labute approximate surface area is 179 Å². The molecule has 2 aliphatic heterocycles. The van der Waals surface area contributed by atoms with Gasteiger partial charge in [-0.3, -0.25) is 0 Å². The monoisotopic (exact) mass is 414 g/mol. The van der Waals surface area contributed by atoms with Crippen LogP contribution in [0.3, 0.4) is 0 Å². The molecule has 7 nitrogen and oxygen atoms in total. The summed E-state index contributed by atoms with van der Waals surface area (Å²) < 4.78 is 13.8. The number of anilines is 2. The highest BCUT2D eigenvalue weighted by atomic mass is 16.7. The van der Waals surface area contributed by atoms with Crippen molar-refractivity contribution in [1.29, 1.82) is 0 Å². The molecule has 1 N–H and O–H groups in total. The molecular formula is C23H34N4O3. The van der Waals surface area contributed by atoms with Gasteiger partial charge in [-0.25, -0.2) is 4.98 Å². The van der Waals surface area contributed by atoms with Gasteiger partial charge < -0.3 is 28.9 Å². The van der Waals surface area contributed by atoms with Crippen molar-refractivity contribution in [3.63, 3.8) is 0 Å². The summed E-state index contributed by atoms with van der Waals surface area (Å²) in [4.78, 5) is 9.08. The molecule has 0 saturated carbocycles. The van der Waals surface area contributed by atoms with Crippen LogP contribution in [-0.2, 0) is 16.0 Å². The van der Waals surface area contributed by atoms with E-state index in [2.05, 4.69) is 74.0 Å². The van der Waals surface area contributed by atoms with Crippen molar-refractivity contribution in [2.75, 3.05) is 56.8 Å². The molecule has 0 aliphatic carbocycles. The van der Waals surface area contributed by atoms with E-state index >= 15 is 0 Å². The summed E-state index contributed by atoms with van der Waals surface area (Å²) in [5, 5.41) is 9.53. The number of imidazole rings is 1. The fraction of sp³-hybridized carbons (Fsp3) is 0.609. The molecule has 2 fully saturated rings. The van der Waals surface area contributed by atoms with Gasteiger partial charge in [0.25, 0.3) is 0 Å². The van der Waals surface area contributed by atoms with Gasteiger partial charge in [-0.05, 0) is 18.2 Å². The zero-order valence-corrected chi connectivity index (χ0v) is 18.8. The summed E-state index contributed by atoms with van der Waals surface area (Å²) in [6.07, 6.45) is 3.67. The lowest BCUT2D eigenvalue weighted by Crippen LogP contribution is -2.56. The predicted octanol–water partition coefficient (Wildman–Crippen LogP) is 2.83. The molecule has 0 spiro atoms. The third-order valence-corrected chi connectivity index (χ3v) is 5.94. The van der Waals surface area contributed by atoms with Gasteiger partial charge in [0, 0.05) is 61.1 Å². The molecular weight excluding hydrogens is 380 g/mol. The first-order valence-electron chi connectivity index (χ1n) is 10.6. The summed E-state index contributed by atoms with van der Waals surface area (Å²) in [6, 6.07) is 6.50. The first-order valence-corrected chi connectivity index (χ1v) is 10.6. The molecule has 1 aromatic carbocycles. The molecule has 0 bridgehead atoms. The second-order valence-corrected chi connectivity index (χ2v) is 10.1. The van der Waals surface area contributed by atoms with Crippen LogP contribution in [-0.4, -0.2) is 68.0 Å². The maximum Gasteiger partial charge on any atom is 0.175 e. The summed E-state index contributed by atoms with van der Waals surface area (Å²) in [5.74, 6) is 0. The largest absolute Gasteiger partial charge is 0.396 e. The molecule has 0 amide bonds. The van der Waals surface area contributed by atoms with Crippen molar-refractivity contribution in [3.05, 3.63) is 30.7 Å². The Morgan fingerprint density at radius 2 is 1.87 bits per heavy atom. The maximum atomic E-state index is 9.53. The van der Waals surface area contributed by atoms with E-state index in [9.17, 15) is 5.11 Å². The van der Waals surface area contributed by atoms with Crippen LogP contribution in [0.15, 0.2) is 30.7 Å². The van der Waals surface area contributed by atoms with E-state index in [-0.39, 0.29) is 23.7 Å². The number of aromatic nitrogens is 2. The smallest absolute Gasteiger partial charge is 0.175 e. The predicted molar refractivity (Wildman–Crippen MR) is 119 cm³/mol. The number of aliphatic hydroxyl groups excluding tert-OH is 1. The fourth-order valence-corrected chi connectivity index (χ4v) is 4.06. The fourth-order valence-electron chi connectivity index (χ4n) is 4.06. The molecule has 30 heavy (non-hydrogen) atoms. The van der Waals surface area contributed by atoms with Crippen LogP contribution in [0.1, 0.15) is 20.8 Å². The molecule has 164 valence electrons. The Kier molecular flexibility index (Phi) is 5.55. The maximum absolute atomic E-state index is 9.53. The van der Waals surface area contributed by atoms with Gasteiger partial charge in [0.2, 0.25) is 0 Å². The van der Waals surface area contributed by atoms with E-state index in [0.29, 0.717) is 19.8 Å². The van der Waals surface area contributed by atoms with Crippen molar-refractivity contribution in [2.24, 2.45) is 10.8 Å². The quantitative estimate of drug-likeness (QED) is 0.784. The van der Waals surface area contributed by atoms with Gasteiger partial charge in [-0.1, -0.05) is 20.8 Å². The number of aliphatic hydroxyl groups is 1. The highest BCUT2D eigenvalue weighted by Crippen LogP contribution is 2.38. The second kappa shape index (κ2) is 7.87. The third-order valence-electron chi connectivity index (χ3n) is 5.94. The van der Waals surface area contributed by atoms with E-state index in [1.807, 2.05) is 10.9 Å². The lowest BCUT2D eigenvalue weighted by Gasteiger charge is -2.48. The Hall–Kier alpha value is -2.09. The molecule has 1 aromatic heterocycles. The van der Waals surface area contributed by atoms with Gasteiger partial charge in [0.1, 0.15) is 0 Å². The Morgan fingerprint density at radius 1 is 1.17 bits per heavy atom. The van der Waals surface area contributed by atoms with Gasteiger partial charge >= 0.3 is 0 Å². The van der Waals surface area contributed by atoms with E-state index in [0.717, 1.165) is 30.0 Å². The Morgan fingerprint density at radius 3 is 2.50 bits per heavy atom. The standard InChI is InChI=1S/C23H34N4O3/c1-22(2)14-29-21(30-15-22)10-26-9-19(24-16-26)18-7-6-17(8-20(18)25(4)5)27-11-23(3,12-27)13-28/h6-9,16,21,28H,10-15H2,1-5H3. The topological polar surface area (TPSA) is 63.0 Å². The molecule has 0 radical (unpaired) electrons. The first-order chi connectivity index (χ1) is 14.2. The molecule has 2 aliphatic rings. The second-order valence-electron chi connectivity index (χ2n) is 10.1. The molecule has 7 heteroatoms. The number of nitrogens with zero attached hydrogens (tertiary/aromatic N) is 4. The SMILES string of the molecule is CN(C)c1cc(N2CC(C)(CO)C2)ccc1-c1cn(CC2OCC(C)(C)CO2)cn1. The van der Waals surface area contributed by atoms with Crippen LogP contribution >= 0.6 is 0 Å².